The number of carboxylic acid groups (broad SMARTS) is 1. The zero-order valence-electron chi connectivity index (χ0n) is 19.1. The molecule has 1 N–H and O–H groups in total. The van der Waals surface area contributed by atoms with E-state index in [1.54, 1.807) is 35.0 Å². The molecule has 176 valence electrons. The fourth-order valence-electron chi connectivity index (χ4n) is 3.89. The maximum absolute atomic E-state index is 12.1. The predicted octanol–water partition coefficient (Wildman–Crippen LogP) is 5.61. The molecule has 4 aromatic rings. The van der Waals surface area contributed by atoms with Gasteiger partial charge in [0.15, 0.2) is 11.5 Å². The largest absolute Gasteiger partial charge is 0.478 e. The molecule has 0 unspecified atom stereocenters. The summed E-state index contributed by atoms with van der Waals surface area (Å²) < 4.78 is 12.8. The molecular formula is C27H22ClN3O4. The van der Waals surface area contributed by atoms with E-state index in [1.807, 2.05) is 67.5 Å². The number of hydrogen-bond acceptors (Lipinski definition) is 5. The molecule has 8 heteroatoms. The molecule has 0 bridgehead atoms. The minimum absolute atomic E-state index is 0.0948. The molecule has 5 rings (SSSR count). The van der Waals surface area contributed by atoms with Crippen molar-refractivity contribution in [1.29, 1.82) is 0 Å². The highest BCUT2D eigenvalue weighted by Crippen LogP contribution is 2.35. The Labute approximate surface area is 207 Å². The molecule has 1 aliphatic rings. The number of fused-ring (bicyclic) bond motifs is 1. The highest BCUT2D eigenvalue weighted by Gasteiger charge is 2.18. The molecule has 3 aromatic carbocycles. The molecule has 1 aromatic heterocycles. The zero-order valence-corrected chi connectivity index (χ0v) is 19.9. The lowest BCUT2D eigenvalue weighted by Crippen LogP contribution is -2.08. The van der Waals surface area contributed by atoms with Crippen LogP contribution in [0.1, 0.15) is 11.3 Å². The van der Waals surface area contributed by atoms with Gasteiger partial charge in [-0.3, -0.25) is 0 Å². The Kier molecular flexibility index (Phi) is 5.93. The molecule has 7 nitrogen and oxygen atoms in total. The summed E-state index contributed by atoms with van der Waals surface area (Å²) in [5.74, 6) is 0.239. The van der Waals surface area contributed by atoms with Crippen molar-refractivity contribution in [2.45, 2.75) is 0 Å². The van der Waals surface area contributed by atoms with Gasteiger partial charge in [0.25, 0.3) is 0 Å². The molecule has 0 spiro atoms. The quantitative estimate of drug-likeness (QED) is 0.356. The maximum atomic E-state index is 12.1. The van der Waals surface area contributed by atoms with Gasteiger partial charge in [-0.15, -0.1) is 0 Å². The van der Waals surface area contributed by atoms with Gasteiger partial charge >= 0.3 is 5.97 Å². The lowest BCUT2D eigenvalue weighted by molar-refractivity contribution is -0.130. The number of carbonyl (C=O) groups is 1. The van der Waals surface area contributed by atoms with Gasteiger partial charge in [0, 0.05) is 36.4 Å². The first-order chi connectivity index (χ1) is 16.9. The minimum Gasteiger partial charge on any atom is -0.478 e. The van der Waals surface area contributed by atoms with Gasteiger partial charge in [-0.25, -0.2) is 9.48 Å². The van der Waals surface area contributed by atoms with E-state index in [4.69, 9.17) is 26.2 Å². The van der Waals surface area contributed by atoms with Gasteiger partial charge < -0.3 is 19.5 Å². The average molecular weight is 488 g/mol. The van der Waals surface area contributed by atoms with Gasteiger partial charge in [0.2, 0.25) is 6.79 Å². The van der Waals surface area contributed by atoms with Crippen molar-refractivity contribution in [3.05, 3.63) is 89.1 Å². The number of carboxylic acids is 1. The standard InChI is InChI=1S/C27H22ClN3O4/c1-30(2)21-8-6-17(7-9-21)24-14-20(13-23(27(32)33)18-4-3-5-19(28)12-18)29-31(24)22-10-11-25-26(15-22)35-16-34-25/h3-15H,16H2,1-2H3,(H,32,33)/b23-13-. The molecule has 0 atom stereocenters. The maximum Gasteiger partial charge on any atom is 0.336 e. The summed E-state index contributed by atoms with van der Waals surface area (Å²) in [6.45, 7) is 0.173. The average Bonchev–Trinajstić information content (AvgIpc) is 3.49. The topological polar surface area (TPSA) is 76.8 Å². The summed E-state index contributed by atoms with van der Waals surface area (Å²) in [6.07, 6.45) is 1.55. The summed E-state index contributed by atoms with van der Waals surface area (Å²) in [5.41, 5.74) is 4.65. The second kappa shape index (κ2) is 9.19. The SMILES string of the molecule is CN(C)c1ccc(-c2cc(/C=C(\C(=O)O)c3cccc(Cl)c3)nn2-c2ccc3c(c2)OCO3)cc1. The lowest BCUT2D eigenvalue weighted by Gasteiger charge is -2.13. The number of aliphatic carboxylic acids is 1. The van der Waals surface area contributed by atoms with E-state index in [0.717, 1.165) is 22.6 Å². The molecule has 0 aliphatic carbocycles. The van der Waals surface area contributed by atoms with Crippen LogP contribution in [0.2, 0.25) is 5.02 Å². The third-order valence-corrected chi connectivity index (χ3v) is 5.90. The third kappa shape index (κ3) is 4.58. The van der Waals surface area contributed by atoms with Gasteiger partial charge in [-0.2, -0.15) is 5.10 Å². The molecular weight excluding hydrogens is 466 g/mol. The fraction of sp³-hybridized carbons (Fsp3) is 0.111. The Hall–Kier alpha value is -4.23. The van der Waals surface area contributed by atoms with Crippen LogP contribution in [0.3, 0.4) is 0 Å². The van der Waals surface area contributed by atoms with Crippen molar-refractivity contribution in [2.75, 3.05) is 25.8 Å². The number of halogens is 1. The number of hydrogen-bond donors (Lipinski definition) is 1. The van der Waals surface area contributed by atoms with E-state index in [2.05, 4.69) is 0 Å². The summed E-state index contributed by atoms with van der Waals surface area (Å²) in [7, 11) is 3.97. The van der Waals surface area contributed by atoms with E-state index in [-0.39, 0.29) is 12.4 Å². The molecule has 0 radical (unpaired) electrons. The summed E-state index contributed by atoms with van der Waals surface area (Å²) in [6, 6.07) is 22.3. The van der Waals surface area contributed by atoms with Crippen LogP contribution in [0.15, 0.2) is 72.8 Å². The molecule has 0 saturated carbocycles. The monoisotopic (exact) mass is 487 g/mol. The van der Waals surface area contributed by atoms with Crippen LogP contribution in [0.25, 0.3) is 28.6 Å². The first-order valence-corrected chi connectivity index (χ1v) is 11.3. The molecule has 35 heavy (non-hydrogen) atoms. The Morgan fingerprint density at radius 3 is 2.51 bits per heavy atom. The summed E-state index contributed by atoms with van der Waals surface area (Å²) in [4.78, 5) is 14.1. The molecule has 2 heterocycles. The van der Waals surface area contributed by atoms with Crippen LogP contribution in [-0.2, 0) is 4.79 Å². The van der Waals surface area contributed by atoms with Crippen molar-refractivity contribution in [2.24, 2.45) is 0 Å². The lowest BCUT2D eigenvalue weighted by atomic mass is 10.0. The minimum atomic E-state index is -1.07. The van der Waals surface area contributed by atoms with E-state index in [1.165, 1.54) is 0 Å². The number of benzene rings is 3. The van der Waals surface area contributed by atoms with Gasteiger partial charge in [-0.1, -0.05) is 35.9 Å². The van der Waals surface area contributed by atoms with Crippen LogP contribution in [-0.4, -0.2) is 41.7 Å². The van der Waals surface area contributed by atoms with E-state index < -0.39 is 5.97 Å². The van der Waals surface area contributed by atoms with Gasteiger partial charge in [-0.05, 0) is 54.1 Å². The Morgan fingerprint density at radius 2 is 1.80 bits per heavy atom. The second-order valence-corrected chi connectivity index (χ2v) is 8.66. The highest BCUT2D eigenvalue weighted by atomic mass is 35.5. The number of nitrogens with zero attached hydrogens (tertiary/aromatic N) is 3. The van der Waals surface area contributed by atoms with Crippen LogP contribution in [0.4, 0.5) is 5.69 Å². The molecule has 0 saturated heterocycles. The molecule has 1 aliphatic heterocycles. The number of rotatable bonds is 6. The summed E-state index contributed by atoms with van der Waals surface area (Å²) in [5, 5.41) is 15.1. The highest BCUT2D eigenvalue weighted by molar-refractivity contribution is 6.31. The van der Waals surface area contributed by atoms with Crippen LogP contribution < -0.4 is 14.4 Å². The number of anilines is 1. The fourth-order valence-corrected chi connectivity index (χ4v) is 4.08. The van der Waals surface area contributed by atoms with E-state index in [9.17, 15) is 9.90 Å². The normalized spacial score (nSPS) is 12.6. The molecule has 0 amide bonds. The Bertz CT molecular complexity index is 1440. The Morgan fingerprint density at radius 1 is 1.03 bits per heavy atom. The first-order valence-electron chi connectivity index (χ1n) is 10.9. The predicted molar refractivity (Wildman–Crippen MR) is 136 cm³/mol. The third-order valence-electron chi connectivity index (χ3n) is 5.67. The smallest absolute Gasteiger partial charge is 0.336 e. The zero-order chi connectivity index (χ0) is 24.5. The summed E-state index contributed by atoms with van der Waals surface area (Å²) >= 11 is 6.10. The number of aromatic nitrogens is 2. The van der Waals surface area contributed by atoms with Crippen molar-refractivity contribution in [1.82, 2.24) is 9.78 Å². The van der Waals surface area contributed by atoms with Crippen molar-refractivity contribution in [3.63, 3.8) is 0 Å². The van der Waals surface area contributed by atoms with Crippen LogP contribution in [0, 0.1) is 0 Å². The van der Waals surface area contributed by atoms with E-state index >= 15 is 0 Å². The van der Waals surface area contributed by atoms with Gasteiger partial charge in [0.05, 0.1) is 22.6 Å². The van der Waals surface area contributed by atoms with Gasteiger partial charge in [0.1, 0.15) is 0 Å². The van der Waals surface area contributed by atoms with Crippen molar-refractivity contribution < 1.29 is 19.4 Å². The molecule has 0 fully saturated rings. The van der Waals surface area contributed by atoms with Crippen LogP contribution >= 0.6 is 11.6 Å². The van der Waals surface area contributed by atoms with E-state index in [0.29, 0.717) is 27.8 Å². The van der Waals surface area contributed by atoms with Crippen molar-refractivity contribution in [3.8, 4) is 28.4 Å². The first kappa shape index (κ1) is 22.6. The Balaban J connectivity index is 1.65. The van der Waals surface area contributed by atoms with Crippen LogP contribution in [0.5, 0.6) is 11.5 Å². The number of ether oxygens (including phenoxy) is 2. The second-order valence-electron chi connectivity index (χ2n) is 8.22. The van der Waals surface area contributed by atoms with Crippen molar-refractivity contribution >= 4 is 34.9 Å².